The number of ether oxygens (including phenoxy) is 1. The Labute approximate surface area is 86.1 Å². The van der Waals surface area contributed by atoms with E-state index in [0.717, 1.165) is 32.0 Å². The lowest BCUT2D eigenvalue weighted by atomic mass is 9.96. The van der Waals surface area contributed by atoms with Gasteiger partial charge in [0.05, 0.1) is 6.10 Å². The predicted octanol–water partition coefficient (Wildman–Crippen LogP) is 0.596. The predicted molar refractivity (Wildman–Crippen MR) is 58.6 cm³/mol. The van der Waals surface area contributed by atoms with E-state index in [4.69, 9.17) is 4.74 Å². The second-order valence-corrected chi connectivity index (χ2v) is 3.77. The number of aliphatic imine (C=N–C) groups is 1. The third kappa shape index (κ3) is 3.54. The van der Waals surface area contributed by atoms with Gasteiger partial charge in [-0.25, -0.2) is 0 Å². The lowest BCUT2D eigenvalue weighted by Gasteiger charge is -2.27. The van der Waals surface area contributed by atoms with Gasteiger partial charge in [0.1, 0.15) is 0 Å². The minimum atomic E-state index is 0.409. The first-order valence-corrected chi connectivity index (χ1v) is 5.26. The monoisotopic (exact) mass is 199 g/mol. The van der Waals surface area contributed by atoms with Crippen LogP contribution in [0.1, 0.15) is 19.8 Å². The molecule has 14 heavy (non-hydrogen) atoms. The molecule has 4 nitrogen and oxygen atoms in total. The van der Waals surface area contributed by atoms with Gasteiger partial charge >= 0.3 is 0 Å². The van der Waals surface area contributed by atoms with Crippen LogP contribution in [0.2, 0.25) is 0 Å². The molecule has 0 spiro atoms. The molecule has 2 unspecified atom stereocenters. The number of nitrogens with zero attached hydrogens (tertiary/aromatic N) is 1. The minimum absolute atomic E-state index is 0.409. The zero-order valence-electron chi connectivity index (χ0n) is 9.34. The van der Waals surface area contributed by atoms with Crippen molar-refractivity contribution in [2.75, 3.05) is 27.2 Å². The molecule has 2 N–H and O–H groups in total. The molecule has 1 heterocycles. The highest BCUT2D eigenvalue weighted by molar-refractivity contribution is 5.79. The Kier molecular flexibility index (Phi) is 4.73. The van der Waals surface area contributed by atoms with Crippen molar-refractivity contribution >= 4 is 5.96 Å². The molecule has 0 aromatic heterocycles. The zero-order chi connectivity index (χ0) is 10.4. The second kappa shape index (κ2) is 5.86. The summed E-state index contributed by atoms with van der Waals surface area (Å²) < 4.78 is 5.49. The largest absolute Gasteiger partial charge is 0.378 e. The fourth-order valence-corrected chi connectivity index (χ4v) is 1.80. The smallest absolute Gasteiger partial charge is 0.190 e. The third-order valence-corrected chi connectivity index (χ3v) is 2.61. The lowest BCUT2D eigenvalue weighted by molar-refractivity contribution is 0.00379. The zero-order valence-corrected chi connectivity index (χ0v) is 9.34. The van der Waals surface area contributed by atoms with Crippen molar-refractivity contribution in [3.8, 4) is 0 Å². The maximum Gasteiger partial charge on any atom is 0.190 e. The van der Waals surface area contributed by atoms with Crippen LogP contribution in [0.3, 0.4) is 0 Å². The fourth-order valence-electron chi connectivity index (χ4n) is 1.80. The molecule has 0 aromatic carbocycles. The maximum atomic E-state index is 5.49. The van der Waals surface area contributed by atoms with E-state index < -0.39 is 0 Å². The molecule has 0 aromatic rings. The number of guanidine groups is 1. The Morgan fingerprint density at radius 1 is 1.57 bits per heavy atom. The molecule has 1 fully saturated rings. The van der Waals surface area contributed by atoms with Gasteiger partial charge in [0.2, 0.25) is 0 Å². The van der Waals surface area contributed by atoms with Crippen LogP contribution in [0, 0.1) is 5.92 Å². The van der Waals surface area contributed by atoms with E-state index in [-0.39, 0.29) is 0 Å². The standard InChI is InChI=1S/C10H21N3O/c1-8-6-9(4-5-14-8)7-13-10(11-2)12-3/h8-9H,4-7H2,1-3H3,(H2,11,12,13). The molecule has 2 atom stereocenters. The van der Waals surface area contributed by atoms with Gasteiger partial charge in [-0.2, -0.15) is 0 Å². The molecule has 4 heteroatoms. The Balaban J connectivity index is 2.23. The Hall–Kier alpha value is -0.770. The lowest BCUT2D eigenvalue weighted by Crippen LogP contribution is -2.39. The molecule has 1 aliphatic rings. The molecule has 0 saturated carbocycles. The molecular weight excluding hydrogens is 178 g/mol. The van der Waals surface area contributed by atoms with E-state index in [1.807, 2.05) is 7.05 Å². The molecule has 1 aliphatic heterocycles. The quantitative estimate of drug-likeness (QED) is 0.505. The minimum Gasteiger partial charge on any atom is -0.378 e. The molecule has 0 aliphatic carbocycles. The highest BCUT2D eigenvalue weighted by Crippen LogP contribution is 2.18. The summed E-state index contributed by atoms with van der Waals surface area (Å²) in [6, 6.07) is 0. The molecule has 1 rings (SSSR count). The van der Waals surface area contributed by atoms with E-state index in [1.165, 1.54) is 0 Å². The summed E-state index contributed by atoms with van der Waals surface area (Å²) in [4.78, 5) is 4.07. The van der Waals surface area contributed by atoms with Crippen molar-refractivity contribution in [1.82, 2.24) is 10.6 Å². The molecule has 0 radical (unpaired) electrons. The molecule has 0 bridgehead atoms. The first-order valence-electron chi connectivity index (χ1n) is 5.26. The van der Waals surface area contributed by atoms with Gasteiger partial charge in [0, 0.05) is 27.2 Å². The van der Waals surface area contributed by atoms with E-state index in [1.54, 1.807) is 7.05 Å². The number of nitrogens with one attached hydrogen (secondary N) is 2. The summed E-state index contributed by atoms with van der Waals surface area (Å²) in [5.41, 5.74) is 0. The molecule has 0 amide bonds. The highest BCUT2D eigenvalue weighted by Gasteiger charge is 2.18. The number of hydrogen-bond donors (Lipinski definition) is 2. The van der Waals surface area contributed by atoms with Gasteiger partial charge in [0.15, 0.2) is 5.96 Å². The topological polar surface area (TPSA) is 45.7 Å². The highest BCUT2D eigenvalue weighted by atomic mass is 16.5. The van der Waals surface area contributed by atoms with Gasteiger partial charge in [-0.15, -0.1) is 0 Å². The Morgan fingerprint density at radius 3 is 2.93 bits per heavy atom. The summed E-state index contributed by atoms with van der Waals surface area (Å²) in [5.74, 6) is 1.58. The van der Waals surface area contributed by atoms with E-state index in [9.17, 15) is 0 Å². The maximum absolute atomic E-state index is 5.49. The molecular formula is C10H21N3O. The van der Waals surface area contributed by atoms with Crippen molar-refractivity contribution in [2.24, 2.45) is 10.9 Å². The second-order valence-electron chi connectivity index (χ2n) is 3.77. The van der Waals surface area contributed by atoms with Gasteiger partial charge in [-0.3, -0.25) is 4.99 Å². The van der Waals surface area contributed by atoms with Crippen LogP contribution in [-0.4, -0.2) is 39.3 Å². The number of rotatable bonds is 2. The van der Waals surface area contributed by atoms with Crippen molar-refractivity contribution in [3.05, 3.63) is 0 Å². The first kappa shape index (κ1) is 11.3. The van der Waals surface area contributed by atoms with Crippen LogP contribution in [0.4, 0.5) is 0 Å². The summed E-state index contributed by atoms with van der Waals surface area (Å²) in [6.07, 6.45) is 2.71. The SMILES string of the molecule is CN=C(NC)NCC1CCOC(C)C1. The van der Waals surface area contributed by atoms with Crippen LogP contribution in [0.25, 0.3) is 0 Å². The van der Waals surface area contributed by atoms with E-state index in [2.05, 4.69) is 22.5 Å². The van der Waals surface area contributed by atoms with Gasteiger partial charge < -0.3 is 15.4 Å². The summed E-state index contributed by atoms with van der Waals surface area (Å²) in [7, 11) is 3.66. The molecule has 1 saturated heterocycles. The average Bonchev–Trinajstić information content (AvgIpc) is 2.19. The summed E-state index contributed by atoms with van der Waals surface area (Å²) in [6.45, 7) is 4.02. The van der Waals surface area contributed by atoms with Crippen LogP contribution in [0.15, 0.2) is 4.99 Å². The fraction of sp³-hybridized carbons (Fsp3) is 0.900. The van der Waals surface area contributed by atoms with Crippen LogP contribution < -0.4 is 10.6 Å². The van der Waals surface area contributed by atoms with Gasteiger partial charge in [-0.1, -0.05) is 0 Å². The van der Waals surface area contributed by atoms with Crippen molar-refractivity contribution in [2.45, 2.75) is 25.9 Å². The average molecular weight is 199 g/mol. The van der Waals surface area contributed by atoms with Crippen LogP contribution in [-0.2, 0) is 4.74 Å². The normalized spacial score (nSPS) is 28.6. The van der Waals surface area contributed by atoms with Crippen molar-refractivity contribution in [3.63, 3.8) is 0 Å². The third-order valence-electron chi connectivity index (χ3n) is 2.61. The summed E-state index contributed by atoms with van der Waals surface area (Å²) >= 11 is 0. The Bertz CT molecular complexity index is 194. The molecule has 82 valence electrons. The van der Waals surface area contributed by atoms with E-state index in [0.29, 0.717) is 12.0 Å². The van der Waals surface area contributed by atoms with E-state index >= 15 is 0 Å². The number of hydrogen-bond acceptors (Lipinski definition) is 2. The first-order chi connectivity index (χ1) is 6.76. The Morgan fingerprint density at radius 2 is 2.36 bits per heavy atom. The van der Waals surface area contributed by atoms with Crippen LogP contribution >= 0.6 is 0 Å². The van der Waals surface area contributed by atoms with Crippen molar-refractivity contribution < 1.29 is 4.74 Å². The van der Waals surface area contributed by atoms with Crippen molar-refractivity contribution in [1.29, 1.82) is 0 Å². The summed E-state index contributed by atoms with van der Waals surface area (Å²) in [5, 5.41) is 6.30. The van der Waals surface area contributed by atoms with Gasteiger partial charge in [-0.05, 0) is 25.7 Å². The van der Waals surface area contributed by atoms with Crippen LogP contribution in [0.5, 0.6) is 0 Å². The van der Waals surface area contributed by atoms with Gasteiger partial charge in [0.25, 0.3) is 0 Å².